The van der Waals surface area contributed by atoms with E-state index in [4.69, 9.17) is 25.8 Å². The zero-order chi connectivity index (χ0) is 20.1. The summed E-state index contributed by atoms with van der Waals surface area (Å²) in [4.78, 5) is 24.9. The van der Waals surface area contributed by atoms with E-state index in [0.29, 0.717) is 22.2 Å². The van der Waals surface area contributed by atoms with Crippen LogP contribution < -0.4 is 14.8 Å². The number of amides is 1. The van der Waals surface area contributed by atoms with E-state index in [9.17, 15) is 9.59 Å². The fourth-order valence-corrected chi connectivity index (χ4v) is 2.58. The Morgan fingerprint density at radius 1 is 1.04 bits per heavy atom. The molecule has 0 fully saturated rings. The Bertz CT molecular complexity index is 866. The molecule has 0 aliphatic rings. The number of esters is 1. The molecule has 0 bridgehead atoms. The molecule has 1 amide bonds. The van der Waals surface area contributed by atoms with Crippen LogP contribution in [0.2, 0.25) is 5.02 Å². The van der Waals surface area contributed by atoms with Crippen molar-refractivity contribution in [3.05, 3.63) is 52.0 Å². The smallest absolute Gasteiger partial charge is 0.342 e. The van der Waals surface area contributed by atoms with Gasteiger partial charge in [0.1, 0.15) is 17.1 Å². The van der Waals surface area contributed by atoms with Gasteiger partial charge in [-0.05, 0) is 44.5 Å². The average molecular weight is 392 g/mol. The van der Waals surface area contributed by atoms with Crippen LogP contribution in [0.1, 0.15) is 28.4 Å². The van der Waals surface area contributed by atoms with E-state index in [-0.39, 0.29) is 5.56 Å². The second kappa shape index (κ2) is 8.77. The zero-order valence-electron chi connectivity index (χ0n) is 15.9. The molecule has 0 saturated carbocycles. The first-order valence-electron chi connectivity index (χ1n) is 8.27. The molecular weight excluding hydrogens is 370 g/mol. The van der Waals surface area contributed by atoms with Gasteiger partial charge in [-0.2, -0.15) is 0 Å². The average Bonchev–Trinajstić information content (AvgIpc) is 2.64. The van der Waals surface area contributed by atoms with Crippen molar-refractivity contribution in [2.24, 2.45) is 0 Å². The standard InChI is InChI=1S/C20H22ClNO5/c1-11-6-7-17(25-4)14(8-11)20(24)27-13(3)19(23)22-16-9-12(2)15(21)10-18(16)26-5/h6-10,13H,1-5H3,(H,22,23)/t13-/m0/s1. The molecule has 0 radical (unpaired) electrons. The third-order valence-corrected chi connectivity index (χ3v) is 4.37. The van der Waals surface area contributed by atoms with Gasteiger partial charge in [0.15, 0.2) is 6.10 Å². The molecule has 7 heteroatoms. The van der Waals surface area contributed by atoms with Crippen molar-refractivity contribution in [2.45, 2.75) is 26.9 Å². The van der Waals surface area contributed by atoms with Gasteiger partial charge in [0.25, 0.3) is 5.91 Å². The number of anilines is 1. The molecule has 6 nitrogen and oxygen atoms in total. The van der Waals surface area contributed by atoms with E-state index in [1.165, 1.54) is 21.1 Å². The maximum absolute atomic E-state index is 12.5. The summed E-state index contributed by atoms with van der Waals surface area (Å²) in [6.07, 6.45) is -1.02. The number of methoxy groups -OCH3 is 2. The van der Waals surface area contributed by atoms with Gasteiger partial charge in [0, 0.05) is 11.1 Å². The highest BCUT2D eigenvalue weighted by molar-refractivity contribution is 6.31. The van der Waals surface area contributed by atoms with Crippen LogP contribution in [0.5, 0.6) is 11.5 Å². The van der Waals surface area contributed by atoms with Crippen LogP contribution in [0.25, 0.3) is 0 Å². The molecule has 0 unspecified atom stereocenters. The summed E-state index contributed by atoms with van der Waals surface area (Å²) >= 11 is 6.07. The van der Waals surface area contributed by atoms with Crippen molar-refractivity contribution in [2.75, 3.05) is 19.5 Å². The highest BCUT2D eigenvalue weighted by Crippen LogP contribution is 2.31. The SMILES string of the molecule is COc1cc(Cl)c(C)cc1NC(=O)[C@H](C)OC(=O)c1cc(C)ccc1OC. The minimum absolute atomic E-state index is 0.261. The van der Waals surface area contributed by atoms with Crippen LogP contribution in [0.3, 0.4) is 0 Å². The summed E-state index contributed by atoms with van der Waals surface area (Å²) in [5.41, 5.74) is 2.36. The first kappa shape index (κ1) is 20.6. The molecule has 2 rings (SSSR count). The summed E-state index contributed by atoms with van der Waals surface area (Å²) in [6, 6.07) is 8.45. The van der Waals surface area contributed by atoms with Crippen molar-refractivity contribution in [3.8, 4) is 11.5 Å². The van der Waals surface area contributed by atoms with Gasteiger partial charge in [-0.25, -0.2) is 4.79 Å². The summed E-state index contributed by atoms with van der Waals surface area (Å²) in [5, 5.41) is 3.22. The molecule has 1 N–H and O–H groups in total. The van der Waals surface area contributed by atoms with E-state index < -0.39 is 18.0 Å². The third-order valence-electron chi connectivity index (χ3n) is 3.97. The minimum atomic E-state index is -1.02. The summed E-state index contributed by atoms with van der Waals surface area (Å²) in [7, 11) is 2.94. The second-order valence-electron chi connectivity index (χ2n) is 6.04. The number of halogens is 1. The number of carbonyl (C=O) groups excluding carboxylic acids is 2. The minimum Gasteiger partial charge on any atom is -0.496 e. The van der Waals surface area contributed by atoms with E-state index in [1.807, 2.05) is 19.9 Å². The van der Waals surface area contributed by atoms with E-state index in [0.717, 1.165) is 11.1 Å². The number of nitrogens with one attached hydrogen (secondary N) is 1. The first-order valence-corrected chi connectivity index (χ1v) is 8.65. The predicted molar refractivity (Wildman–Crippen MR) is 104 cm³/mol. The molecule has 1 atom stereocenters. The maximum Gasteiger partial charge on any atom is 0.342 e. The van der Waals surface area contributed by atoms with Crippen LogP contribution in [0.15, 0.2) is 30.3 Å². The van der Waals surface area contributed by atoms with Crippen LogP contribution >= 0.6 is 11.6 Å². The number of benzene rings is 2. The van der Waals surface area contributed by atoms with Crippen molar-refractivity contribution in [1.29, 1.82) is 0 Å². The lowest BCUT2D eigenvalue weighted by Gasteiger charge is -2.17. The first-order chi connectivity index (χ1) is 12.8. The van der Waals surface area contributed by atoms with Crippen molar-refractivity contribution < 1.29 is 23.8 Å². The Morgan fingerprint density at radius 3 is 2.33 bits per heavy atom. The lowest BCUT2D eigenvalue weighted by Crippen LogP contribution is -2.30. The summed E-state index contributed by atoms with van der Waals surface area (Å²) < 4.78 is 15.7. The molecule has 0 aromatic heterocycles. The number of hydrogen-bond donors (Lipinski definition) is 1. The van der Waals surface area contributed by atoms with Crippen LogP contribution in [0, 0.1) is 13.8 Å². The number of carbonyl (C=O) groups is 2. The molecule has 2 aromatic rings. The Morgan fingerprint density at radius 2 is 1.70 bits per heavy atom. The van der Waals surface area contributed by atoms with E-state index in [1.54, 1.807) is 24.3 Å². The van der Waals surface area contributed by atoms with Crippen LogP contribution in [-0.4, -0.2) is 32.2 Å². The van der Waals surface area contributed by atoms with Gasteiger partial charge in [-0.3, -0.25) is 4.79 Å². The lowest BCUT2D eigenvalue weighted by atomic mass is 10.1. The Balaban J connectivity index is 2.14. The predicted octanol–water partition coefficient (Wildman–Crippen LogP) is 4.16. The third kappa shape index (κ3) is 4.92. The number of hydrogen-bond acceptors (Lipinski definition) is 5. The molecule has 0 aliphatic heterocycles. The van der Waals surface area contributed by atoms with Gasteiger partial charge in [-0.1, -0.05) is 23.2 Å². The quantitative estimate of drug-likeness (QED) is 0.748. The fourth-order valence-electron chi connectivity index (χ4n) is 2.42. The Labute approximate surface area is 163 Å². The number of rotatable bonds is 6. The Kier molecular flexibility index (Phi) is 6.69. The highest BCUT2D eigenvalue weighted by Gasteiger charge is 2.22. The van der Waals surface area contributed by atoms with Crippen LogP contribution in [-0.2, 0) is 9.53 Å². The fraction of sp³-hybridized carbons (Fsp3) is 0.300. The van der Waals surface area contributed by atoms with Gasteiger partial charge < -0.3 is 19.5 Å². The highest BCUT2D eigenvalue weighted by atomic mass is 35.5. The maximum atomic E-state index is 12.5. The molecule has 0 spiro atoms. The molecule has 27 heavy (non-hydrogen) atoms. The second-order valence-corrected chi connectivity index (χ2v) is 6.45. The molecule has 144 valence electrons. The van der Waals surface area contributed by atoms with E-state index in [2.05, 4.69) is 5.32 Å². The van der Waals surface area contributed by atoms with Crippen LogP contribution in [0.4, 0.5) is 5.69 Å². The molecule has 0 heterocycles. The largest absolute Gasteiger partial charge is 0.496 e. The van der Waals surface area contributed by atoms with Crippen molar-refractivity contribution in [1.82, 2.24) is 0 Å². The molecule has 2 aromatic carbocycles. The molecule has 0 aliphatic carbocycles. The summed E-state index contributed by atoms with van der Waals surface area (Å²) in [6.45, 7) is 5.15. The monoisotopic (exact) mass is 391 g/mol. The Hall–Kier alpha value is -2.73. The normalized spacial score (nSPS) is 11.5. The van der Waals surface area contributed by atoms with Gasteiger partial charge >= 0.3 is 5.97 Å². The number of aryl methyl sites for hydroxylation is 2. The van der Waals surface area contributed by atoms with Gasteiger partial charge in [0.05, 0.1) is 19.9 Å². The van der Waals surface area contributed by atoms with Crippen molar-refractivity contribution in [3.63, 3.8) is 0 Å². The van der Waals surface area contributed by atoms with Crippen molar-refractivity contribution >= 4 is 29.2 Å². The molecular formula is C20H22ClNO5. The number of ether oxygens (including phenoxy) is 3. The summed E-state index contributed by atoms with van der Waals surface area (Å²) in [5.74, 6) is -0.335. The zero-order valence-corrected chi connectivity index (χ0v) is 16.6. The van der Waals surface area contributed by atoms with Gasteiger partial charge in [-0.15, -0.1) is 0 Å². The molecule has 0 saturated heterocycles. The van der Waals surface area contributed by atoms with E-state index >= 15 is 0 Å². The topological polar surface area (TPSA) is 73.9 Å². The lowest BCUT2D eigenvalue weighted by molar-refractivity contribution is -0.123. The van der Waals surface area contributed by atoms with Gasteiger partial charge in [0.2, 0.25) is 0 Å².